The van der Waals surface area contributed by atoms with Gasteiger partial charge >= 0.3 is 0 Å². The summed E-state index contributed by atoms with van der Waals surface area (Å²) in [5.41, 5.74) is 0.280. The molecule has 0 saturated carbocycles. The number of nitro benzene ring substituents is 1. The van der Waals surface area contributed by atoms with E-state index in [1.165, 1.54) is 12.1 Å². The SMILES string of the molecule is CC1(C)CC(NC(=O)CCCNc2ccc([N+](=O)[O-])cc2)C(C)(C)O1. The highest BCUT2D eigenvalue weighted by molar-refractivity contribution is 5.76. The van der Waals surface area contributed by atoms with Gasteiger partial charge in [0.2, 0.25) is 5.91 Å². The van der Waals surface area contributed by atoms with Crippen LogP contribution in [0, 0.1) is 10.1 Å². The highest BCUT2D eigenvalue weighted by atomic mass is 16.6. The number of non-ortho nitro benzene ring substituents is 1. The predicted octanol–water partition coefficient (Wildman–Crippen LogP) is 3.25. The number of hydrogen-bond donors (Lipinski definition) is 2. The number of hydrogen-bond acceptors (Lipinski definition) is 5. The fraction of sp³-hybridized carbons (Fsp3) is 0.611. The monoisotopic (exact) mass is 349 g/mol. The van der Waals surface area contributed by atoms with Crippen LogP contribution in [0.3, 0.4) is 0 Å². The smallest absolute Gasteiger partial charge is 0.269 e. The minimum absolute atomic E-state index is 0.0117. The maximum absolute atomic E-state index is 12.2. The Bertz CT molecular complexity index is 626. The Balaban J connectivity index is 1.71. The van der Waals surface area contributed by atoms with Crippen molar-refractivity contribution in [3.8, 4) is 0 Å². The number of carbonyl (C=O) groups is 1. The third-order valence-electron chi connectivity index (χ3n) is 4.40. The molecule has 7 nitrogen and oxygen atoms in total. The zero-order valence-corrected chi connectivity index (χ0v) is 15.3. The topological polar surface area (TPSA) is 93.5 Å². The van der Waals surface area contributed by atoms with Gasteiger partial charge in [-0.05, 0) is 52.7 Å². The molecule has 1 unspecified atom stereocenters. The van der Waals surface area contributed by atoms with Crippen molar-refractivity contribution in [3.05, 3.63) is 34.4 Å². The average molecular weight is 349 g/mol. The van der Waals surface area contributed by atoms with E-state index in [2.05, 4.69) is 10.6 Å². The van der Waals surface area contributed by atoms with Crippen LogP contribution in [0.1, 0.15) is 47.0 Å². The second-order valence-electron chi connectivity index (χ2n) is 7.62. The first-order chi connectivity index (χ1) is 11.6. The van der Waals surface area contributed by atoms with Gasteiger partial charge in [0.15, 0.2) is 0 Å². The van der Waals surface area contributed by atoms with E-state index < -0.39 is 4.92 Å². The highest BCUT2D eigenvalue weighted by Gasteiger charge is 2.46. The predicted molar refractivity (Wildman–Crippen MR) is 96.6 cm³/mol. The number of nitro groups is 1. The van der Waals surface area contributed by atoms with Crippen molar-refractivity contribution in [3.63, 3.8) is 0 Å². The van der Waals surface area contributed by atoms with Crippen molar-refractivity contribution >= 4 is 17.3 Å². The molecular weight excluding hydrogens is 322 g/mol. The van der Waals surface area contributed by atoms with Crippen LogP contribution in [0.15, 0.2) is 24.3 Å². The lowest BCUT2D eigenvalue weighted by atomic mass is 9.94. The lowest BCUT2D eigenvalue weighted by Gasteiger charge is -2.27. The first-order valence-electron chi connectivity index (χ1n) is 8.57. The molecule has 0 aliphatic carbocycles. The van der Waals surface area contributed by atoms with Gasteiger partial charge in [-0.2, -0.15) is 0 Å². The average Bonchev–Trinajstić information content (AvgIpc) is 2.71. The highest BCUT2D eigenvalue weighted by Crippen LogP contribution is 2.37. The molecule has 1 aromatic rings. The molecule has 1 fully saturated rings. The Hall–Kier alpha value is -2.15. The zero-order chi connectivity index (χ0) is 18.7. The van der Waals surface area contributed by atoms with Gasteiger partial charge in [0.05, 0.1) is 22.2 Å². The quantitative estimate of drug-likeness (QED) is 0.448. The van der Waals surface area contributed by atoms with Gasteiger partial charge in [-0.3, -0.25) is 14.9 Å². The Labute approximate surface area is 148 Å². The van der Waals surface area contributed by atoms with Crippen LogP contribution in [0.25, 0.3) is 0 Å². The molecule has 0 spiro atoms. The van der Waals surface area contributed by atoms with Crippen molar-refractivity contribution < 1.29 is 14.5 Å². The van der Waals surface area contributed by atoms with E-state index >= 15 is 0 Å². The molecule has 1 amide bonds. The number of rotatable bonds is 7. The van der Waals surface area contributed by atoms with Crippen LogP contribution in [0.5, 0.6) is 0 Å². The van der Waals surface area contributed by atoms with E-state index in [4.69, 9.17) is 4.74 Å². The molecule has 0 bridgehead atoms. The number of carbonyl (C=O) groups excluding carboxylic acids is 1. The Morgan fingerprint density at radius 2 is 1.92 bits per heavy atom. The standard InChI is InChI=1S/C18H27N3O4/c1-17(2)12-15(18(3,4)25-17)20-16(22)6-5-11-19-13-7-9-14(10-8-13)21(23)24/h7-10,15,19H,5-6,11-12H2,1-4H3,(H,20,22). The van der Waals surface area contributed by atoms with E-state index in [-0.39, 0.29) is 28.8 Å². The first-order valence-corrected chi connectivity index (χ1v) is 8.57. The molecule has 1 heterocycles. The van der Waals surface area contributed by atoms with E-state index in [0.29, 0.717) is 19.4 Å². The molecule has 1 aromatic carbocycles. The lowest BCUT2D eigenvalue weighted by molar-refractivity contribution is -0.384. The molecular formula is C18H27N3O4. The summed E-state index contributed by atoms with van der Waals surface area (Å²) >= 11 is 0. The number of anilines is 1. The summed E-state index contributed by atoms with van der Waals surface area (Å²) in [5, 5.41) is 16.8. The van der Waals surface area contributed by atoms with Crippen LogP contribution in [0.2, 0.25) is 0 Å². The fourth-order valence-corrected chi connectivity index (χ4v) is 3.24. The second-order valence-corrected chi connectivity index (χ2v) is 7.62. The molecule has 1 saturated heterocycles. The maximum Gasteiger partial charge on any atom is 0.269 e. The largest absolute Gasteiger partial charge is 0.385 e. The Kier molecular flexibility index (Phi) is 5.67. The van der Waals surface area contributed by atoms with E-state index in [1.807, 2.05) is 27.7 Å². The van der Waals surface area contributed by atoms with Crippen molar-refractivity contribution in [1.82, 2.24) is 5.32 Å². The first kappa shape index (κ1) is 19.2. The van der Waals surface area contributed by atoms with Gasteiger partial charge < -0.3 is 15.4 Å². The molecule has 2 rings (SSSR count). The molecule has 7 heteroatoms. The Morgan fingerprint density at radius 3 is 2.44 bits per heavy atom. The maximum atomic E-state index is 12.2. The number of amides is 1. The van der Waals surface area contributed by atoms with Gasteiger partial charge in [0, 0.05) is 30.8 Å². The third-order valence-corrected chi connectivity index (χ3v) is 4.40. The van der Waals surface area contributed by atoms with Gasteiger partial charge in [-0.1, -0.05) is 0 Å². The summed E-state index contributed by atoms with van der Waals surface area (Å²) in [4.78, 5) is 22.3. The normalized spacial score (nSPS) is 20.9. The molecule has 2 N–H and O–H groups in total. The minimum atomic E-state index is -0.427. The van der Waals surface area contributed by atoms with E-state index in [1.54, 1.807) is 12.1 Å². The van der Waals surface area contributed by atoms with Gasteiger partial charge in [-0.25, -0.2) is 0 Å². The van der Waals surface area contributed by atoms with Gasteiger partial charge in [0.25, 0.3) is 5.69 Å². The number of benzene rings is 1. The van der Waals surface area contributed by atoms with Crippen molar-refractivity contribution in [2.75, 3.05) is 11.9 Å². The van der Waals surface area contributed by atoms with Gasteiger partial charge in [-0.15, -0.1) is 0 Å². The van der Waals surface area contributed by atoms with Crippen molar-refractivity contribution in [2.45, 2.75) is 64.2 Å². The van der Waals surface area contributed by atoms with Crippen molar-refractivity contribution in [2.24, 2.45) is 0 Å². The lowest BCUT2D eigenvalue weighted by Crippen LogP contribution is -2.46. The summed E-state index contributed by atoms with van der Waals surface area (Å²) in [7, 11) is 0. The molecule has 1 atom stereocenters. The van der Waals surface area contributed by atoms with E-state index in [0.717, 1.165) is 12.1 Å². The fourth-order valence-electron chi connectivity index (χ4n) is 3.24. The van der Waals surface area contributed by atoms with Crippen LogP contribution in [0.4, 0.5) is 11.4 Å². The van der Waals surface area contributed by atoms with Crippen LogP contribution < -0.4 is 10.6 Å². The van der Waals surface area contributed by atoms with E-state index in [9.17, 15) is 14.9 Å². The molecule has 138 valence electrons. The number of ether oxygens (including phenoxy) is 1. The summed E-state index contributed by atoms with van der Waals surface area (Å²) < 4.78 is 5.98. The number of nitrogens with one attached hydrogen (secondary N) is 2. The minimum Gasteiger partial charge on any atom is -0.385 e. The zero-order valence-electron chi connectivity index (χ0n) is 15.3. The van der Waals surface area contributed by atoms with Crippen LogP contribution in [-0.4, -0.2) is 34.6 Å². The van der Waals surface area contributed by atoms with Gasteiger partial charge in [0.1, 0.15) is 0 Å². The van der Waals surface area contributed by atoms with Crippen LogP contribution in [-0.2, 0) is 9.53 Å². The van der Waals surface area contributed by atoms with Crippen LogP contribution >= 0.6 is 0 Å². The molecule has 1 aliphatic heterocycles. The second kappa shape index (κ2) is 7.39. The number of nitrogens with zero attached hydrogens (tertiary/aromatic N) is 1. The summed E-state index contributed by atoms with van der Waals surface area (Å²) in [5.74, 6) is 0.0184. The molecule has 25 heavy (non-hydrogen) atoms. The van der Waals surface area contributed by atoms with Crippen molar-refractivity contribution in [1.29, 1.82) is 0 Å². The molecule has 1 aliphatic rings. The third kappa shape index (κ3) is 5.42. The Morgan fingerprint density at radius 1 is 1.28 bits per heavy atom. The summed E-state index contributed by atoms with van der Waals surface area (Å²) in [6, 6.07) is 6.26. The summed E-state index contributed by atoms with van der Waals surface area (Å²) in [6.45, 7) is 8.71. The molecule has 0 radical (unpaired) electrons. The summed E-state index contributed by atoms with van der Waals surface area (Å²) in [6.07, 6.45) is 1.90. The molecule has 0 aromatic heterocycles.